The van der Waals surface area contributed by atoms with Gasteiger partial charge >= 0.3 is 5.97 Å². The molecule has 0 aliphatic heterocycles. The van der Waals surface area contributed by atoms with E-state index in [2.05, 4.69) is 4.98 Å². The summed E-state index contributed by atoms with van der Waals surface area (Å²) in [6.07, 6.45) is 5.37. The van der Waals surface area contributed by atoms with E-state index in [1.54, 1.807) is 6.07 Å². The fourth-order valence-electron chi connectivity index (χ4n) is 2.83. The first-order valence-corrected chi connectivity index (χ1v) is 7.21. The number of H-pyrrole nitrogens is 1. The summed E-state index contributed by atoms with van der Waals surface area (Å²) in [7, 11) is 0. The van der Waals surface area contributed by atoms with E-state index >= 15 is 0 Å². The van der Waals surface area contributed by atoms with Crippen molar-refractivity contribution < 1.29 is 9.90 Å². The number of pyridine rings is 1. The summed E-state index contributed by atoms with van der Waals surface area (Å²) in [5.41, 5.74) is 2.17. The van der Waals surface area contributed by atoms with Crippen LogP contribution in [0, 0.1) is 0 Å². The molecule has 1 aliphatic carbocycles. The molecule has 3 aromatic rings. The maximum atomic E-state index is 12.4. The molecule has 1 fully saturated rings. The second-order valence-electron chi connectivity index (χ2n) is 5.63. The Hall–Kier alpha value is -2.82. The van der Waals surface area contributed by atoms with Crippen LogP contribution < -0.4 is 5.43 Å². The number of carboxylic acid groups (broad SMARTS) is 1. The van der Waals surface area contributed by atoms with E-state index in [0.29, 0.717) is 11.4 Å². The smallest absolute Gasteiger partial charge is 0.341 e. The predicted molar refractivity (Wildman–Crippen MR) is 83.2 cm³/mol. The van der Waals surface area contributed by atoms with Gasteiger partial charge in [-0.3, -0.25) is 4.79 Å². The van der Waals surface area contributed by atoms with Crippen LogP contribution in [0.25, 0.3) is 22.2 Å². The lowest BCUT2D eigenvalue weighted by molar-refractivity contribution is 0.0695. The van der Waals surface area contributed by atoms with E-state index in [1.807, 2.05) is 35.0 Å². The van der Waals surface area contributed by atoms with Crippen LogP contribution in [-0.4, -0.2) is 20.6 Å². The molecule has 0 amide bonds. The second kappa shape index (κ2) is 4.59. The Balaban J connectivity index is 2.03. The number of aromatic amines is 1. The minimum atomic E-state index is -1.17. The van der Waals surface area contributed by atoms with Crippen molar-refractivity contribution in [2.24, 2.45) is 0 Å². The van der Waals surface area contributed by atoms with Crippen LogP contribution in [0.5, 0.6) is 0 Å². The average molecular weight is 294 g/mol. The van der Waals surface area contributed by atoms with Crippen LogP contribution in [0.2, 0.25) is 0 Å². The number of nitrogens with one attached hydrogen (secondary N) is 1. The van der Waals surface area contributed by atoms with E-state index in [-0.39, 0.29) is 5.56 Å². The molecule has 5 heteroatoms. The lowest BCUT2D eigenvalue weighted by Gasteiger charge is -2.12. The molecule has 1 aromatic carbocycles. The highest BCUT2D eigenvalue weighted by atomic mass is 16.4. The largest absolute Gasteiger partial charge is 0.477 e. The molecule has 1 saturated carbocycles. The Labute approximate surface area is 125 Å². The average Bonchev–Trinajstić information content (AvgIpc) is 3.20. The summed E-state index contributed by atoms with van der Waals surface area (Å²) >= 11 is 0. The first-order chi connectivity index (χ1) is 10.6. The zero-order valence-electron chi connectivity index (χ0n) is 11.7. The van der Waals surface area contributed by atoms with Crippen LogP contribution in [0.4, 0.5) is 0 Å². The normalized spacial score (nSPS) is 14.4. The Morgan fingerprint density at radius 2 is 2.09 bits per heavy atom. The summed E-state index contributed by atoms with van der Waals surface area (Å²) in [5, 5.41) is 9.70. The first-order valence-electron chi connectivity index (χ1n) is 7.21. The summed E-state index contributed by atoms with van der Waals surface area (Å²) < 4.78 is 1.94. The highest BCUT2D eigenvalue weighted by Gasteiger charge is 2.26. The summed E-state index contributed by atoms with van der Waals surface area (Å²) in [6, 6.07) is 9.69. The Kier molecular flexibility index (Phi) is 2.69. The van der Waals surface area contributed by atoms with E-state index in [9.17, 15) is 14.7 Å². The standard InChI is InChI=1S/C17H14N2O3/c20-16-12-6-3-10(14-2-1-7-18-14)8-15(12)19(11-4-5-11)9-13(16)17(21)22/h1-3,6-9,11,18H,4-5H2,(H,21,22). The van der Waals surface area contributed by atoms with Crippen LogP contribution >= 0.6 is 0 Å². The molecule has 2 heterocycles. The minimum Gasteiger partial charge on any atom is -0.477 e. The number of rotatable bonds is 3. The number of carbonyl (C=O) groups is 1. The van der Waals surface area contributed by atoms with Crippen LogP contribution in [-0.2, 0) is 0 Å². The summed E-state index contributed by atoms with van der Waals surface area (Å²) in [6.45, 7) is 0. The maximum Gasteiger partial charge on any atom is 0.341 e. The summed E-state index contributed by atoms with van der Waals surface area (Å²) in [5.74, 6) is -1.17. The molecule has 5 nitrogen and oxygen atoms in total. The molecule has 2 aromatic heterocycles. The third-order valence-corrected chi connectivity index (χ3v) is 4.11. The number of hydrogen-bond acceptors (Lipinski definition) is 2. The van der Waals surface area contributed by atoms with Crippen LogP contribution in [0.1, 0.15) is 29.2 Å². The molecule has 4 rings (SSSR count). The van der Waals surface area contributed by atoms with Gasteiger partial charge in [0.25, 0.3) is 0 Å². The molecule has 22 heavy (non-hydrogen) atoms. The monoisotopic (exact) mass is 294 g/mol. The number of hydrogen-bond donors (Lipinski definition) is 2. The van der Waals surface area contributed by atoms with E-state index in [4.69, 9.17) is 0 Å². The van der Waals surface area contributed by atoms with Gasteiger partial charge in [-0.05, 0) is 37.1 Å². The van der Waals surface area contributed by atoms with Crippen molar-refractivity contribution >= 4 is 16.9 Å². The van der Waals surface area contributed by atoms with Crippen molar-refractivity contribution in [3.05, 3.63) is 58.5 Å². The zero-order valence-corrected chi connectivity index (χ0v) is 11.7. The molecular formula is C17H14N2O3. The number of carboxylic acids is 1. The quantitative estimate of drug-likeness (QED) is 0.779. The fourth-order valence-corrected chi connectivity index (χ4v) is 2.83. The second-order valence-corrected chi connectivity index (χ2v) is 5.63. The van der Waals surface area contributed by atoms with Crippen molar-refractivity contribution in [3.63, 3.8) is 0 Å². The number of nitrogens with zero attached hydrogens (tertiary/aromatic N) is 1. The Bertz CT molecular complexity index is 934. The van der Waals surface area contributed by atoms with Crippen molar-refractivity contribution in [2.45, 2.75) is 18.9 Å². The Morgan fingerprint density at radius 1 is 1.27 bits per heavy atom. The number of aromatic nitrogens is 2. The molecule has 0 bridgehead atoms. The topological polar surface area (TPSA) is 75.1 Å². The van der Waals surface area contributed by atoms with Gasteiger partial charge in [0, 0.05) is 35.1 Å². The van der Waals surface area contributed by atoms with Crippen molar-refractivity contribution in [3.8, 4) is 11.3 Å². The van der Waals surface area contributed by atoms with Crippen LogP contribution in [0.3, 0.4) is 0 Å². The zero-order chi connectivity index (χ0) is 15.3. The Morgan fingerprint density at radius 3 is 2.73 bits per heavy atom. The molecule has 110 valence electrons. The van der Waals surface area contributed by atoms with E-state index in [0.717, 1.165) is 29.6 Å². The lowest BCUT2D eigenvalue weighted by Crippen LogP contribution is -2.18. The van der Waals surface area contributed by atoms with Gasteiger partial charge in [-0.1, -0.05) is 6.07 Å². The molecule has 0 spiro atoms. The van der Waals surface area contributed by atoms with Gasteiger partial charge < -0.3 is 14.7 Å². The van der Waals surface area contributed by atoms with Gasteiger partial charge in [-0.2, -0.15) is 0 Å². The van der Waals surface area contributed by atoms with E-state index < -0.39 is 11.4 Å². The minimum absolute atomic E-state index is 0.160. The SMILES string of the molecule is O=C(O)c1cn(C2CC2)c2cc(-c3ccc[nH]3)ccc2c1=O. The first kappa shape index (κ1) is 12.9. The summed E-state index contributed by atoms with van der Waals surface area (Å²) in [4.78, 5) is 26.8. The van der Waals surface area contributed by atoms with Gasteiger partial charge in [0.05, 0.1) is 5.52 Å². The number of aromatic carboxylic acids is 1. The van der Waals surface area contributed by atoms with Crippen molar-refractivity contribution in [2.75, 3.05) is 0 Å². The maximum absolute atomic E-state index is 12.4. The van der Waals surface area contributed by atoms with Gasteiger partial charge in [0.2, 0.25) is 5.43 Å². The third-order valence-electron chi connectivity index (χ3n) is 4.11. The molecule has 0 radical (unpaired) electrons. The number of benzene rings is 1. The molecular weight excluding hydrogens is 280 g/mol. The molecule has 0 atom stereocenters. The van der Waals surface area contributed by atoms with Gasteiger partial charge in [0.15, 0.2) is 0 Å². The highest BCUT2D eigenvalue weighted by molar-refractivity contribution is 5.93. The third kappa shape index (κ3) is 1.94. The molecule has 0 unspecified atom stereocenters. The molecule has 1 aliphatic rings. The van der Waals surface area contributed by atoms with Crippen LogP contribution in [0.15, 0.2) is 47.5 Å². The van der Waals surface area contributed by atoms with Gasteiger partial charge in [-0.15, -0.1) is 0 Å². The highest BCUT2D eigenvalue weighted by Crippen LogP contribution is 2.37. The predicted octanol–water partition coefficient (Wildman–Crippen LogP) is 3.03. The van der Waals surface area contributed by atoms with Crippen molar-refractivity contribution in [1.82, 2.24) is 9.55 Å². The molecule has 2 N–H and O–H groups in total. The number of fused-ring (bicyclic) bond motifs is 1. The fraction of sp³-hybridized carbons (Fsp3) is 0.176. The van der Waals surface area contributed by atoms with E-state index in [1.165, 1.54) is 6.20 Å². The molecule has 0 saturated heterocycles. The van der Waals surface area contributed by atoms with Gasteiger partial charge in [0.1, 0.15) is 5.56 Å². The van der Waals surface area contributed by atoms with Crippen molar-refractivity contribution in [1.29, 1.82) is 0 Å². The van der Waals surface area contributed by atoms with Gasteiger partial charge in [-0.25, -0.2) is 4.79 Å². The lowest BCUT2D eigenvalue weighted by atomic mass is 10.1.